The number of carbonyl (C=O) groups is 2. The number of fused-ring (bicyclic) bond motifs is 1. The van der Waals surface area contributed by atoms with Crippen LogP contribution in [0.1, 0.15) is 38.4 Å². The molecule has 194 valence electrons. The molecular weight excluding hydrogens is 513 g/mol. The van der Waals surface area contributed by atoms with Crippen molar-refractivity contribution in [1.82, 2.24) is 10.3 Å². The van der Waals surface area contributed by atoms with Crippen LogP contribution in [0.3, 0.4) is 0 Å². The summed E-state index contributed by atoms with van der Waals surface area (Å²) in [6.45, 7) is 0.000414. The van der Waals surface area contributed by atoms with E-state index in [1.807, 2.05) is 0 Å². The average molecular weight is 528 g/mol. The zero-order valence-electron chi connectivity index (χ0n) is 18.4. The lowest BCUT2D eigenvalue weighted by Gasteiger charge is -2.39. The van der Waals surface area contributed by atoms with Gasteiger partial charge in [-0.05, 0) is 42.0 Å². The van der Waals surface area contributed by atoms with Crippen LogP contribution in [0.25, 0.3) is 0 Å². The number of ether oxygens (including phenoxy) is 2. The molecule has 6 nitrogen and oxygen atoms in total. The zero-order valence-corrected chi connectivity index (χ0v) is 18.4. The lowest BCUT2D eigenvalue weighted by atomic mass is 9.81. The van der Waals surface area contributed by atoms with E-state index in [0.29, 0.717) is 0 Å². The number of carbonyl (C=O) groups excluding carboxylic acids is 2. The highest BCUT2D eigenvalue weighted by Gasteiger charge is 2.44. The highest BCUT2D eigenvalue weighted by molar-refractivity contribution is 6.01. The molecule has 3 aromatic rings. The summed E-state index contributed by atoms with van der Waals surface area (Å²) in [4.78, 5) is 28.8. The standard InChI is InChI=1S/C24H15F7N2O4/c25-16-12-15(7-8-17(16)37-24(29,30)31)22(9-11-36-18-2-1-10-32-19(18)22)33-21(35)14-5-3-13(4-6-14)20(34)23(26,27)28/h1-8,10,12H,9,11H2,(H,33,35)/t22-/m0/s1. The first-order valence-electron chi connectivity index (χ1n) is 10.5. The van der Waals surface area contributed by atoms with Gasteiger partial charge in [0, 0.05) is 23.7 Å². The number of nitrogens with one attached hydrogen (secondary N) is 1. The van der Waals surface area contributed by atoms with E-state index in [9.17, 15) is 40.3 Å². The van der Waals surface area contributed by atoms with Crippen molar-refractivity contribution in [2.75, 3.05) is 6.61 Å². The number of amides is 1. The van der Waals surface area contributed by atoms with E-state index in [0.717, 1.165) is 42.5 Å². The number of benzene rings is 2. The molecule has 0 fully saturated rings. The first-order valence-corrected chi connectivity index (χ1v) is 10.5. The topological polar surface area (TPSA) is 77.5 Å². The lowest BCUT2D eigenvalue weighted by Crippen LogP contribution is -2.50. The van der Waals surface area contributed by atoms with Crippen LogP contribution in [-0.2, 0) is 5.54 Å². The van der Waals surface area contributed by atoms with Gasteiger partial charge >= 0.3 is 12.5 Å². The molecule has 0 saturated heterocycles. The molecule has 1 N–H and O–H groups in total. The van der Waals surface area contributed by atoms with E-state index in [1.54, 1.807) is 0 Å². The molecule has 13 heteroatoms. The molecular formula is C24H15F7N2O4. The molecule has 2 aromatic carbocycles. The van der Waals surface area contributed by atoms with Crippen molar-refractivity contribution in [3.05, 3.63) is 89.0 Å². The van der Waals surface area contributed by atoms with Gasteiger partial charge in [-0.1, -0.05) is 18.2 Å². The van der Waals surface area contributed by atoms with Crippen molar-refractivity contribution < 1.29 is 49.8 Å². The number of nitrogens with zero attached hydrogens (tertiary/aromatic N) is 1. The van der Waals surface area contributed by atoms with Crippen molar-refractivity contribution in [2.45, 2.75) is 24.5 Å². The number of aromatic nitrogens is 1. The number of alkyl halides is 6. The minimum absolute atomic E-state index is 0.000414. The van der Waals surface area contributed by atoms with Gasteiger partial charge in [0.25, 0.3) is 11.7 Å². The Morgan fingerprint density at radius 1 is 0.973 bits per heavy atom. The van der Waals surface area contributed by atoms with Gasteiger partial charge in [-0.2, -0.15) is 13.2 Å². The second-order valence-corrected chi connectivity index (χ2v) is 7.91. The van der Waals surface area contributed by atoms with Gasteiger partial charge in [0.15, 0.2) is 11.6 Å². The van der Waals surface area contributed by atoms with E-state index in [1.165, 1.54) is 18.3 Å². The van der Waals surface area contributed by atoms with Crippen molar-refractivity contribution >= 4 is 11.7 Å². The summed E-state index contributed by atoms with van der Waals surface area (Å²) >= 11 is 0. The fourth-order valence-electron chi connectivity index (χ4n) is 3.91. The number of ketones is 1. The molecule has 4 rings (SSSR count). The van der Waals surface area contributed by atoms with E-state index in [2.05, 4.69) is 15.0 Å². The Morgan fingerprint density at radius 2 is 1.65 bits per heavy atom. The fourth-order valence-corrected chi connectivity index (χ4v) is 3.91. The minimum atomic E-state index is -5.14. The number of Topliss-reactive ketones (excluding diaryl/α,β-unsaturated/α-hetero) is 1. The Bertz CT molecular complexity index is 1340. The van der Waals surface area contributed by atoms with Gasteiger partial charge < -0.3 is 14.8 Å². The van der Waals surface area contributed by atoms with Gasteiger partial charge in [0.1, 0.15) is 17.0 Å². The molecule has 0 aliphatic carbocycles. The Balaban J connectivity index is 1.74. The van der Waals surface area contributed by atoms with Crippen LogP contribution in [0.15, 0.2) is 60.8 Å². The molecule has 0 unspecified atom stereocenters. The summed E-state index contributed by atoms with van der Waals surface area (Å²) in [7, 11) is 0. The third-order valence-corrected chi connectivity index (χ3v) is 5.55. The molecule has 1 aromatic heterocycles. The number of hydrogen-bond acceptors (Lipinski definition) is 5. The SMILES string of the molecule is O=C(N[C@]1(c2ccc(OC(F)(F)F)c(F)c2)CCOc2cccnc21)c1ccc(C(=O)C(F)(F)F)cc1. The van der Waals surface area contributed by atoms with Gasteiger partial charge in [0.05, 0.1) is 6.61 Å². The van der Waals surface area contributed by atoms with Crippen LogP contribution in [0, 0.1) is 5.82 Å². The van der Waals surface area contributed by atoms with Crippen LogP contribution in [0.5, 0.6) is 11.5 Å². The van der Waals surface area contributed by atoms with Crippen LogP contribution in [0.2, 0.25) is 0 Å². The summed E-state index contributed by atoms with van der Waals surface area (Å²) in [6.07, 6.45) is -8.89. The molecule has 1 amide bonds. The Hall–Kier alpha value is -4.16. The number of halogens is 7. The maximum Gasteiger partial charge on any atom is 0.573 e. The predicted molar refractivity (Wildman–Crippen MR) is 113 cm³/mol. The van der Waals surface area contributed by atoms with Gasteiger partial charge in [0.2, 0.25) is 0 Å². The largest absolute Gasteiger partial charge is 0.573 e. The number of hydrogen-bond donors (Lipinski definition) is 1. The maximum absolute atomic E-state index is 14.6. The minimum Gasteiger partial charge on any atom is -0.491 e. The normalized spacial score (nSPS) is 17.4. The number of rotatable bonds is 5. The van der Waals surface area contributed by atoms with E-state index < -0.39 is 46.9 Å². The van der Waals surface area contributed by atoms with Crippen molar-refractivity contribution in [1.29, 1.82) is 0 Å². The number of pyridine rings is 1. The Labute approximate surface area is 204 Å². The Morgan fingerprint density at radius 3 is 2.27 bits per heavy atom. The van der Waals surface area contributed by atoms with E-state index in [4.69, 9.17) is 4.74 Å². The second-order valence-electron chi connectivity index (χ2n) is 7.91. The highest BCUT2D eigenvalue weighted by atomic mass is 19.4. The first kappa shape index (κ1) is 25.9. The molecule has 1 aliphatic rings. The summed E-state index contributed by atoms with van der Waals surface area (Å²) in [5.41, 5.74) is -2.27. The highest BCUT2D eigenvalue weighted by Crippen LogP contribution is 2.42. The smallest absolute Gasteiger partial charge is 0.491 e. The maximum atomic E-state index is 14.6. The summed E-state index contributed by atoms with van der Waals surface area (Å²) in [6, 6.07) is 9.36. The summed E-state index contributed by atoms with van der Waals surface area (Å²) in [5, 5.41) is 2.68. The molecule has 1 aliphatic heterocycles. The lowest BCUT2D eigenvalue weighted by molar-refractivity contribution is -0.275. The van der Waals surface area contributed by atoms with E-state index >= 15 is 0 Å². The van der Waals surface area contributed by atoms with Gasteiger partial charge in [-0.25, -0.2) is 4.39 Å². The molecule has 37 heavy (non-hydrogen) atoms. The molecule has 1 atom stereocenters. The molecule has 0 spiro atoms. The first-order chi connectivity index (χ1) is 17.3. The molecule has 0 saturated carbocycles. The third-order valence-electron chi connectivity index (χ3n) is 5.55. The summed E-state index contributed by atoms with van der Waals surface area (Å²) < 4.78 is 99.7. The van der Waals surface area contributed by atoms with E-state index in [-0.39, 0.29) is 35.6 Å². The second kappa shape index (κ2) is 9.37. The van der Waals surface area contributed by atoms with Crippen LogP contribution in [0.4, 0.5) is 30.7 Å². The average Bonchev–Trinajstić information content (AvgIpc) is 2.83. The molecule has 0 bridgehead atoms. The van der Waals surface area contributed by atoms with Gasteiger partial charge in [-0.3, -0.25) is 14.6 Å². The predicted octanol–water partition coefficient (Wildman–Crippen LogP) is 5.32. The van der Waals surface area contributed by atoms with Crippen molar-refractivity contribution in [2.24, 2.45) is 0 Å². The zero-order chi connectivity index (χ0) is 27.0. The molecule has 0 radical (unpaired) electrons. The van der Waals surface area contributed by atoms with Crippen LogP contribution in [-0.4, -0.2) is 35.8 Å². The third kappa shape index (κ3) is 5.34. The van der Waals surface area contributed by atoms with Crippen LogP contribution >= 0.6 is 0 Å². The van der Waals surface area contributed by atoms with Crippen molar-refractivity contribution in [3.8, 4) is 11.5 Å². The Kier molecular flexibility index (Phi) is 6.57. The van der Waals surface area contributed by atoms with Gasteiger partial charge in [-0.15, -0.1) is 13.2 Å². The summed E-state index contributed by atoms with van der Waals surface area (Å²) in [5.74, 6) is -5.15. The quantitative estimate of drug-likeness (QED) is 0.359. The molecule has 2 heterocycles. The van der Waals surface area contributed by atoms with Crippen LogP contribution < -0.4 is 14.8 Å². The van der Waals surface area contributed by atoms with Crippen molar-refractivity contribution in [3.63, 3.8) is 0 Å². The fraction of sp³-hybridized carbons (Fsp3) is 0.208. The monoisotopic (exact) mass is 528 g/mol.